The molecule has 0 atom stereocenters. The molecule has 1 aromatic heterocycles. The zero-order valence-corrected chi connectivity index (χ0v) is 20.7. The van der Waals surface area contributed by atoms with Gasteiger partial charge in [-0.25, -0.2) is 4.39 Å². The van der Waals surface area contributed by atoms with Crippen LogP contribution in [0.2, 0.25) is 0 Å². The molecule has 7 nitrogen and oxygen atoms in total. The Morgan fingerprint density at radius 1 is 1.00 bits per heavy atom. The molecule has 0 radical (unpaired) electrons. The molecule has 0 spiro atoms. The standard InChI is InChI=1S/C25H28FN3O4S/c1-6-29(7-2)24(30)21-22(16(3)4)27-25(28-23(21)18-10-12-19(26)13-11-18)33-34(31,32)20-14-8-17(5)9-15-20/h8-16H,6-7H2,1-5H3. The summed E-state index contributed by atoms with van der Waals surface area (Å²) in [5.41, 5.74) is 2.12. The third-order valence-corrected chi connectivity index (χ3v) is 6.56. The monoisotopic (exact) mass is 485 g/mol. The quantitative estimate of drug-likeness (QED) is 0.419. The predicted octanol–water partition coefficient (Wildman–Crippen LogP) is 4.96. The average molecular weight is 486 g/mol. The Morgan fingerprint density at radius 3 is 2.12 bits per heavy atom. The summed E-state index contributed by atoms with van der Waals surface area (Å²) < 4.78 is 44.7. The first kappa shape index (κ1) is 25.3. The van der Waals surface area contributed by atoms with Crippen LogP contribution in [-0.4, -0.2) is 42.3 Å². The Bertz CT molecular complexity index is 1270. The minimum Gasteiger partial charge on any atom is -0.339 e. The lowest BCUT2D eigenvalue weighted by Crippen LogP contribution is -2.32. The normalized spacial score (nSPS) is 11.5. The smallest absolute Gasteiger partial charge is 0.339 e. The number of hydrogen-bond acceptors (Lipinski definition) is 6. The second kappa shape index (κ2) is 10.3. The molecule has 9 heteroatoms. The summed E-state index contributed by atoms with van der Waals surface area (Å²) in [5, 5.41) is 0. The summed E-state index contributed by atoms with van der Waals surface area (Å²) in [6, 6.07) is 11.3. The third-order valence-electron chi connectivity index (χ3n) is 5.34. The number of nitrogens with zero attached hydrogens (tertiary/aromatic N) is 3. The van der Waals surface area contributed by atoms with Crippen molar-refractivity contribution in [1.82, 2.24) is 14.9 Å². The van der Waals surface area contributed by atoms with E-state index in [1.807, 2.05) is 34.6 Å². The number of aryl methyl sites for hydroxylation is 1. The predicted molar refractivity (Wildman–Crippen MR) is 128 cm³/mol. The first-order chi connectivity index (χ1) is 16.1. The van der Waals surface area contributed by atoms with E-state index in [1.54, 1.807) is 17.0 Å². The fourth-order valence-electron chi connectivity index (χ4n) is 3.46. The summed E-state index contributed by atoms with van der Waals surface area (Å²) in [7, 11) is -4.22. The van der Waals surface area contributed by atoms with Crippen molar-refractivity contribution < 1.29 is 21.8 Å². The Hall–Kier alpha value is -3.33. The van der Waals surface area contributed by atoms with Crippen LogP contribution < -0.4 is 4.18 Å². The molecule has 0 saturated heterocycles. The van der Waals surface area contributed by atoms with E-state index in [4.69, 9.17) is 4.18 Å². The minimum atomic E-state index is -4.22. The van der Waals surface area contributed by atoms with Gasteiger partial charge in [-0.1, -0.05) is 31.5 Å². The molecule has 2 aromatic carbocycles. The Morgan fingerprint density at radius 2 is 1.59 bits per heavy atom. The molecule has 0 bridgehead atoms. The Balaban J connectivity index is 2.22. The van der Waals surface area contributed by atoms with Crippen molar-refractivity contribution in [3.05, 3.63) is 71.2 Å². The van der Waals surface area contributed by atoms with Crippen molar-refractivity contribution in [2.75, 3.05) is 13.1 Å². The topological polar surface area (TPSA) is 89.5 Å². The average Bonchev–Trinajstić information content (AvgIpc) is 2.79. The van der Waals surface area contributed by atoms with Gasteiger partial charge in [0, 0.05) is 18.7 Å². The van der Waals surface area contributed by atoms with E-state index >= 15 is 0 Å². The van der Waals surface area contributed by atoms with E-state index < -0.39 is 21.9 Å². The molecule has 0 saturated carbocycles. The van der Waals surface area contributed by atoms with Gasteiger partial charge in [0.2, 0.25) is 0 Å². The van der Waals surface area contributed by atoms with Gasteiger partial charge in [0.1, 0.15) is 10.7 Å². The molecule has 0 N–H and O–H groups in total. The van der Waals surface area contributed by atoms with Crippen LogP contribution in [-0.2, 0) is 10.1 Å². The summed E-state index contributed by atoms with van der Waals surface area (Å²) in [6.07, 6.45) is 0. The van der Waals surface area contributed by atoms with Crippen molar-refractivity contribution >= 4 is 16.0 Å². The number of halogens is 1. The largest absolute Gasteiger partial charge is 0.341 e. The van der Waals surface area contributed by atoms with Crippen LogP contribution in [0.15, 0.2) is 53.4 Å². The van der Waals surface area contributed by atoms with Crippen molar-refractivity contribution in [1.29, 1.82) is 0 Å². The molecular weight excluding hydrogens is 457 g/mol. The SMILES string of the molecule is CCN(CC)C(=O)c1c(-c2ccc(F)cc2)nc(OS(=O)(=O)c2ccc(C)cc2)nc1C(C)C. The van der Waals surface area contributed by atoms with Crippen LogP contribution in [0, 0.1) is 12.7 Å². The maximum atomic E-state index is 13.6. The number of aromatic nitrogens is 2. The van der Waals surface area contributed by atoms with Gasteiger partial charge in [0.15, 0.2) is 0 Å². The van der Waals surface area contributed by atoms with E-state index in [-0.39, 0.29) is 28.0 Å². The number of hydrogen-bond donors (Lipinski definition) is 0. The molecule has 0 fully saturated rings. The van der Waals surface area contributed by atoms with Crippen molar-refractivity contribution in [2.24, 2.45) is 0 Å². The molecule has 0 unspecified atom stereocenters. The lowest BCUT2D eigenvalue weighted by Gasteiger charge is -2.23. The summed E-state index contributed by atoms with van der Waals surface area (Å²) in [4.78, 5) is 23.7. The van der Waals surface area contributed by atoms with Crippen LogP contribution in [0.25, 0.3) is 11.3 Å². The number of carbonyl (C=O) groups excluding carboxylic acids is 1. The highest BCUT2D eigenvalue weighted by atomic mass is 32.2. The molecule has 0 aliphatic carbocycles. The lowest BCUT2D eigenvalue weighted by molar-refractivity contribution is 0.0771. The van der Waals surface area contributed by atoms with Gasteiger partial charge in [-0.3, -0.25) is 4.79 Å². The summed E-state index contributed by atoms with van der Waals surface area (Å²) in [6.45, 7) is 10.2. The van der Waals surface area contributed by atoms with Gasteiger partial charge >= 0.3 is 16.1 Å². The Labute approximate surface area is 199 Å². The molecule has 180 valence electrons. The highest BCUT2D eigenvalue weighted by molar-refractivity contribution is 7.87. The highest BCUT2D eigenvalue weighted by Crippen LogP contribution is 2.32. The van der Waals surface area contributed by atoms with Crippen molar-refractivity contribution in [3.63, 3.8) is 0 Å². The van der Waals surface area contributed by atoms with Gasteiger partial charge in [-0.15, -0.1) is 0 Å². The Kier molecular flexibility index (Phi) is 7.66. The molecule has 3 rings (SSSR count). The summed E-state index contributed by atoms with van der Waals surface area (Å²) in [5.74, 6) is -0.987. The molecular formula is C25H28FN3O4S. The molecule has 3 aromatic rings. The third kappa shape index (κ3) is 5.41. The van der Waals surface area contributed by atoms with Gasteiger partial charge in [-0.05, 0) is 63.1 Å². The molecule has 1 heterocycles. The number of benzene rings is 2. The molecule has 1 amide bonds. The fourth-order valence-corrected chi connectivity index (χ4v) is 4.30. The second-order valence-electron chi connectivity index (χ2n) is 8.10. The second-order valence-corrected chi connectivity index (χ2v) is 9.65. The first-order valence-electron chi connectivity index (χ1n) is 11.1. The van der Waals surface area contributed by atoms with Crippen LogP contribution >= 0.6 is 0 Å². The van der Waals surface area contributed by atoms with E-state index in [1.165, 1.54) is 36.4 Å². The van der Waals surface area contributed by atoms with Gasteiger partial charge in [0.05, 0.1) is 17.0 Å². The van der Waals surface area contributed by atoms with E-state index in [0.717, 1.165) is 5.56 Å². The van der Waals surface area contributed by atoms with Crippen LogP contribution in [0.5, 0.6) is 6.01 Å². The highest BCUT2D eigenvalue weighted by Gasteiger charge is 2.28. The fraction of sp³-hybridized carbons (Fsp3) is 0.320. The van der Waals surface area contributed by atoms with Gasteiger partial charge in [-0.2, -0.15) is 18.4 Å². The van der Waals surface area contributed by atoms with Crippen LogP contribution in [0.1, 0.15) is 55.2 Å². The maximum Gasteiger partial charge on any atom is 0.341 e. The molecule has 34 heavy (non-hydrogen) atoms. The van der Waals surface area contributed by atoms with E-state index in [2.05, 4.69) is 9.97 Å². The summed E-state index contributed by atoms with van der Waals surface area (Å²) >= 11 is 0. The molecule has 0 aliphatic rings. The number of amides is 1. The molecule has 0 aliphatic heterocycles. The van der Waals surface area contributed by atoms with E-state index in [9.17, 15) is 17.6 Å². The number of carbonyl (C=O) groups is 1. The van der Waals surface area contributed by atoms with Gasteiger partial charge in [0.25, 0.3) is 5.91 Å². The maximum absolute atomic E-state index is 13.6. The van der Waals surface area contributed by atoms with Crippen LogP contribution in [0.3, 0.4) is 0 Å². The minimum absolute atomic E-state index is 0.0422. The van der Waals surface area contributed by atoms with Crippen LogP contribution in [0.4, 0.5) is 4.39 Å². The van der Waals surface area contributed by atoms with E-state index in [0.29, 0.717) is 24.3 Å². The zero-order chi connectivity index (χ0) is 25.0. The lowest BCUT2D eigenvalue weighted by atomic mass is 9.97. The van der Waals surface area contributed by atoms with Crippen molar-refractivity contribution in [2.45, 2.75) is 45.4 Å². The van der Waals surface area contributed by atoms with Gasteiger partial charge < -0.3 is 9.08 Å². The zero-order valence-electron chi connectivity index (χ0n) is 19.9. The first-order valence-corrected chi connectivity index (χ1v) is 12.5. The van der Waals surface area contributed by atoms with Crippen molar-refractivity contribution in [3.8, 4) is 17.3 Å². The number of rotatable bonds is 8.